The van der Waals surface area contributed by atoms with E-state index in [2.05, 4.69) is 5.48 Å². The van der Waals surface area contributed by atoms with E-state index in [1.165, 1.54) is 6.07 Å². The number of amides is 1. The lowest BCUT2D eigenvalue weighted by Crippen LogP contribution is -2.22. The zero-order valence-electron chi connectivity index (χ0n) is 10.3. The van der Waals surface area contributed by atoms with Crippen molar-refractivity contribution in [2.75, 3.05) is 0 Å². The zero-order valence-corrected chi connectivity index (χ0v) is 10.3. The second-order valence-corrected chi connectivity index (χ2v) is 3.31. The van der Waals surface area contributed by atoms with Crippen molar-refractivity contribution in [2.45, 2.75) is 26.9 Å². The minimum atomic E-state index is -0.319. The molecule has 1 aromatic carbocycles. The van der Waals surface area contributed by atoms with Crippen molar-refractivity contribution in [3.63, 3.8) is 0 Å². The molecule has 0 aliphatic rings. The number of carbonyl (C=O) groups is 2. The van der Waals surface area contributed by atoms with Crippen molar-refractivity contribution in [1.82, 2.24) is 5.48 Å². The Labute approximate surface area is 105 Å². The molecule has 0 radical (unpaired) electrons. The fraction of sp³-hybridized carbons (Fsp3) is 0.333. The number of aryl methyl sites for hydroxylation is 1. The van der Waals surface area contributed by atoms with Crippen molar-refractivity contribution in [3.05, 3.63) is 35.1 Å². The minimum Gasteiger partial charge on any atom is -0.483 e. The van der Waals surface area contributed by atoms with E-state index in [0.717, 1.165) is 5.56 Å². The number of carboxylic acid groups (broad SMARTS) is 1. The predicted octanol–water partition coefficient (Wildman–Crippen LogP) is 1.79. The number of benzene rings is 1. The maximum Gasteiger partial charge on any atom is 0.290 e. The fourth-order valence-electron chi connectivity index (χ4n) is 1.11. The molecule has 0 heterocycles. The van der Waals surface area contributed by atoms with E-state index in [1.54, 1.807) is 26.0 Å². The summed E-state index contributed by atoms with van der Waals surface area (Å²) in [5.41, 5.74) is 3.50. The molecule has 0 saturated carbocycles. The third kappa shape index (κ3) is 5.95. The lowest BCUT2D eigenvalue weighted by Gasteiger charge is -2.08. The maximum absolute atomic E-state index is 13.3. The highest BCUT2D eigenvalue weighted by molar-refractivity contribution is 5.74. The quantitative estimate of drug-likeness (QED) is 0.637. The molecule has 6 heteroatoms. The summed E-state index contributed by atoms with van der Waals surface area (Å²) in [6.07, 6.45) is 0.344. The fourth-order valence-corrected chi connectivity index (χ4v) is 1.11. The Morgan fingerprint density at radius 1 is 1.56 bits per heavy atom. The third-order valence-electron chi connectivity index (χ3n) is 2.08. The van der Waals surface area contributed by atoms with Gasteiger partial charge in [0.05, 0.1) is 0 Å². The third-order valence-corrected chi connectivity index (χ3v) is 2.08. The molecule has 0 fully saturated rings. The van der Waals surface area contributed by atoms with E-state index in [4.69, 9.17) is 14.7 Å². The molecule has 1 amide bonds. The number of carbonyl (C=O) groups excluding carboxylic acids is 1. The molecule has 5 nitrogen and oxygen atoms in total. The van der Waals surface area contributed by atoms with Crippen LogP contribution in [0.1, 0.15) is 24.5 Å². The van der Waals surface area contributed by atoms with Gasteiger partial charge in [0, 0.05) is 12.0 Å². The van der Waals surface area contributed by atoms with Gasteiger partial charge in [-0.25, -0.2) is 9.87 Å². The normalized spacial score (nSPS) is 9.06. The van der Waals surface area contributed by atoms with Gasteiger partial charge in [-0.15, -0.1) is 0 Å². The molecule has 2 N–H and O–H groups in total. The molecular formula is C12H16FNO4. The molecular weight excluding hydrogens is 241 g/mol. The molecule has 0 aromatic heterocycles. The second-order valence-electron chi connectivity index (χ2n) is 3.31. The van der Waals surface area contributed by atoms with Gasteiger partial charge < -0.3 is 5.11 Å². The number of hydroxylamine groups is 1. The first-order chi connectivity index (χ1) is 8.56. The largest absolute Gasteiger partial charge is 0.483 e. The molecule has 1 aromatic rings. The lowest BCUT2D eigenvalue weighted by molar-refractivity contribution is -0.134. The van der Waals surface area contributed by atoms with Gasteiger partial charge in [0.2, 0.25) is 5.91 Å². The van der Waals surface area contributed by atoms with Gasteiger partial charge in [-0.2, -0.15) is 0 Å². The number of hydrogen-bond donors (Lipinski definition) is 2. The van der Waals surface area contributed by atoms with Crippen LogP contribution in [0, 0.1) is 12.7 Å². The van der Waals surface area contributed by atoms with E-state index in [0.29, 0.717) is 12.0 Å². The first-order valence-corrected chi connectivity index (χ1v) is 5.29. The summed E-state index contributed by atoms with van der Waals surface area (Å²) in [7, 11) is 0. The molecule has 1 rings (SSSR count). The van der Waals surface area contributed by atoms with Gasteiger partial charge in [0.25, 0.3) is 6.47 Å². The van der Waals surface area contributed by atoms with Crippen molar-refractivity contribution < 1.29 is 23.9 Å². The minimum absolute atomic E-state index is 0.0459. The Hall–Kier alpha value is -1.95. The summed E-state index contributed by atoms with van der Waals surface area (Å²) in [6, 6.07) is 4.80. The number of hydrogen-bond acceptors (Lipinski definition) is 3. The Morgan fingerprint density at radius 2 is 2.17 bits per heavy atom. The topological polar surface area (TPSA) is 75.6 Å². The van der Waals surface area contributed by atoms with Crippen LogP contribution in [-0.2, 0) is 21.0 Å². The Morgan fingerprint density at radius 3 is 2.67 bits per heavy atom. The van der Waals surface area contributed by atoms with Gasteiger partial charge >= 0.3 is 0 Å². The summed E-state index contributed by atoms with van der Waals surface area (Å²) >= 11 is 0. The maximum atomic E-state index is 13.3. The first-order valence-electron chi connectivity index (χ1n) is 5.29. The van der Waals surface area contributed by atoms with Crippen LogP contribution >= 0.6 is 0 Å². The van der Waals surface area contributed by atoms with Gasteiger partial charge in [-0.3, -0.25) is 14.4 Å². The molecule has 100 valence electrons. The van der Waals surface area contributed by atoms with Crippen LogP contribution in [-0.4, -0.2) is 17.5 Å². The summed E-state index contributed by atoms with van der Waals surface area (Å²) in [5, 5.41) is 6.89. The van der Waals surface area contributed by atoms with Crippen LogP contribution < -0.4 is 5.48 Å². The summed E-state index contributed by atoms with van der Waals surface area (Å²) in [5.74, 6) is -0.537. The van der Waals surface area contributed by atoms with Gasteiger partial charge in [0.1, 0.15) is 12.4 Å². The van der Waals surface area contributed by atoms with Gasteiger partial charge in [-0.05, 0) is 18.6 Å². The van der Waals surface area contributed by atoms with E-state index in [-0.39, 0.29) is 24.8 Å². The van der Waals surface area contributed by atoms with E-state index >= 15 is 0 Å². The van der Waals surface area contributed by atoms with Gasteiger partial charge in [0.15, 0.2) is 0 Å². The average molecular weight is 257 g/mol. The predicted molar refractivity (Wildman–Crippen MR) is 63.1 cm³/mol. The molecule has 0 bridgehead atoms. The van der Waals surface area contributed by atoms with Crippen LogP contribution in [0.3, 0.4) is 0 Å². The van der Waals surface area contributed by atoms with Crippen molar-refractivity contribution in [1.29, 1.82) is 0 Å². The van der Waals surface area contributed by atoms with Crippen molar-refractivity contribution in [3.8, 4) is 0 Å². The molecule has 0 aliphatic carbocycles. The molecule has 0 saturated heterocycles. The summed E-state index contributed by atoms with van der Waals surface area (Å²) in [4.78, 5) is 24.1. The van der Waals surface area contributed by atoms with E-state index < -0.39 is 0 Å². The summed E-state index contributed by atoms with van der Waals surface area (Å²) in [6.45, 7) is 3.31. The highest BCUT2D eigenvalue weighted by Crippen LogP contribution is 2.12. The SMILES string of the molecule is CCC(=O)NOCc1c(C)cccc1F.O=CO. The van der Waals surface area contributed by atoms with E-state index in [9.17, 15) is 9.18 Å². The second kappa shape index (κ2) is 9.12. The Kier molecular flexibility index (Phi) is 8.13. The van der Waals surface area contributed by atoms with Crippen LogP contribution in [0.15, 0.2) is 18.2 Å². The van der Waals surface area contributed by atoms with Crippen molar-refractivity contribution in [2.24, 2.45) is 0 Å². The molecule has 0 aliphatic heterocycles. The van der Waals surface area contributed by atoms with Crippen LogP contribution in [0.2, 0.25) is 0 Å². The smallest absolute Gasteiger partial charge is 0.290 e. The standard InChI is InChI=1S/C11H14FNO2.CH2O2/c1-3-11(14)13-15-7-9-8(2)5-4-6-10(9)12;2-1-3/h4-6H,3,7H2,1-2H3,(H,13,14);1H,(H,2,3). The number of halogens is 1. The van der Waals surface area contributed by atoms with Crippen LogP contribution in [0.5, 0.6) is 0 Å². The Bertz CT molecular complexity index is 375. The zero-order chi connectivity index (χ0) is 14.0. The van der Waals surface area contributed by atoms with Crippen LogP contribution in [0.25, 0.3) is 0 Å². The average Bonchev–Trinajstić information content (AvgIpc) is 2.33. The molecule has 18 heavy (non-hydrogen) atoms. The number of rotatable bonds is 4. The molecule has 0 spiro atoms. The van der Waals surface area contributed by atoms with Crippen LogP contribution in [0.4, 0.5) is 4.39 Å². The lowest BCUT2D eigenvalue weighted by atomic mass is 10.1. The molecule has 0 unspecified atom stereocenters. The number of nitrogens with one attached hydrogen (secondary N) is 1. The van der Waals surface area contributed by atoms with Gasteiger partial charge in [-0.1, -0.05) is 19.1 Å². The first kappa shape index (κ1) is 16.1. The van der Waals surface area contributed by atoms with Crippen molar-refractivity contribution >= 4 is 12.4 Å². The monoisotopic (exact) mass is 257 g/mol. The Balaban J connectivity index is 0.000000873. The van der Waals surface area contributed by atoms with E-state index in [1.807, 2.05) is 0 Å². The molecule has 0 atom stereocenters. The highest BCUT2D eigenvalue weighted by Gasteiger charge is 2.05. The highest BCUT2D eigenvalue weighted by atomic mass is 19.1. The summed E-state index contributed by atoms with van der Waals surface area (Å²) < 4.78 is 13.3.